The maximum atomic E-state index is 12.2. The van der Waals surface area contributed by atoms with Gasteiger partial charge in [-0.3, -0.25) is 0 Å². The Morgan fingerprint density at radius 2 is 1.70 bits per heavy atom. The van der Waals surface area contributed by atoms with Gasteiger partial charge in [-0.15, -0.1) is 0 Å². The van der Waals surface area contributed by atoms with Gasteiger partial charge in [0.15, 0.2) is 0 Å². The molecule has 1 heterocycles. The Morgan fingerprint density at radius 3 is 2.39 bits per heavy atom. The predicted octanol–water partition coefficient (Wildman–Crippen LogP) is 4.76. The molecule has 0 saturated carbocycles. The van der Waals surface area contributed by atoms with Crippen molar-refractivity contribution in [3.8, 4) is 23.0 Å². The fraction of sp³-hybridized carbons (Fsp3) is 0.111. The van der Waals surface area contributed by atoms with E-state index in [9.17, 15) is 14.7 Å². The lowest BCUT2D eigenvalue weighted by Crippen LogP contribution is -2.26. The quantitative estimate of drug-likeness (QED) is 0.403. The molecular formula is C27H20N2O4. The molecule has 1 aromatic heterocycles. The van der Waals surface area contributed by atoms with Crippen LogP contribution < -0.4 is 5.32 Å². The van der Waals surface area contributed by atoms with Crippen LogP contribution in [0.5, 0.6) is 0 Å². The molecule has 6 nitrogen and oxygen atoms in total. The molecule has 3 N–H and O–H groups in total. The molecule has 3 aromatic carbocycles. The molecule has 0 atom stereocenters. The fourth-order valence-electron chi connectivity index (χ4n) is 4.29. The van der Waals surface area contributed by atoms with Crippen LogP contribution in [0.25, 0.3) is 22.0 Å². The number of alkyl carbamates (subject to hydrolysis) is 1. The van der Waals surface area contributed by atoms with Crippen LogP contribution in [-0.4, -0.2) is 35.3 Å². The van der Waals surface area contributed by atoms with Crippen molar-refractivity contribution in [3.63, 3.8) is 0 Å². The van der Waals surface area contributed by atoms with Crippen LogP contribution in [-0.2, 0) is 4.74 Å². The van der Waals surface area contributed by atoms with Gasteiger partial charge in [-0.1, -0.05) is 60.4 Å². The van der Waals surface area contributed by atoms with Crippen molar-refractivity contribution in [2.24, 2.45) is 0 Å². The van der Waals surface area contributed by atoms with Crippen LogP contribution in [0, 0.1) is 11.8 Å². The summed E-state index contributed by atoms with van der Waals surface area (Å²) < 4.78 is 5.49. The molecule has 0 spiro atoms. The number of ether oxygens (including phenoxy) is 1. The monoisotopic (exact) mass is 436 g/mol. The van der Waals surface area contributed by atoms with Crippen LogP contribution >= 0.6 is 0 Å². The number of aromatic nitrogens is 1. The number of hydrogen-bond acceptors (Lipinski definition) is 3. The average Bonchev–Trinajstić information content (AvgIpc) is 3.40. The Kier molecular flexibility index (Phi) is 5.29. The first-order chi connectivity index (χ1) is 16.1. The number of nitrogens with one attached hydrogen (secondary N) is 2. The molecule has 0 saturated heterocycles. The first-order valence-electron chi connectivity index (χ1n) is 10.5. The Hall–Kier alpha value is -4.50. The number of carbonyl (C=O) groups excluding carboxylic acids is 1. The van der Waals surface area contributed by atoms with Gasteiger partial charge in [-0.25, -0.2) is 9.59 Å². The number of hydrogen-bond donors (Lipinski definition) is 3. The summed E-state index contributed by atoms with van der Waals surface area (Å²) in [6.07, 6.45) is 0.934. The minimum absolute atomic E-state index is 0.00532. The van der Waals surface area contributed by atoms with Gasteiger partial charge >= 0.3 is 12.1 Å². The van der Waals surface area contributed by atoms with E-state index in [1.165, 1.54) is 17.3 Å². The normalized spacial score (nSPS) is 11.9. The molecule has 5 rings (SSSR count). The Bertz CT molecular complexity index is 1400. The summed E-state index contributed by atoms with van der Waals surface area (Å²) in [6.45, 7) is 0.364. The molecule has 6 heteroatoms. The number of benzene rings is 3. The molecule has 0 bridgehead atoms. The van der Waals surface area contributed by atoms with Gasteiger partial charge in [0.05, 0.1) is 12.1 Å². The average molecular weight is 436 g/mol. The SMILES string of the molecule is O=C(NCC#Cc1ccc2[nH]cc(C(=O)O)c2c1)OCC1c2ccccc2-c2ccccc21. The molecule has 0 fully saturated rings. The number of aromatic amines is 1. The molecular weight excluding hydrogens is 416 g/mol. The van der Waals surface area contributed by atoms with E-state index < -0.39 is 12.1 Å². The second kappa shape index (κ2) is 8.56. The van der Waals surface area contributed by atoms with E-state index in [4.69, 9.17) is 4.74 Å². The second-order valence-corrected chi connectivity index (χ2v) is 7.75. The summed E-state index contributed by atoms with van der Waals surface area (Å²) in [5.74, 6) is 4.83. The van der Waals surface area contributed by atoms with E-state index >= 15 is 0 Å². The smallest absolute Gasteiger partial charge is 0.407 e. The van der Waals surface area contributed by atoms with E-state index in [1.54, 1.807) is 18.2 Å². The topological polar surface area (TPSA) is 91.4 Å². The van der Waals surface area contributed by atoms with E-state index in [0.29, 0.717) is 10.9 Å². The minimum Gasteiger partial charge on any atom is -0.478 e. The maximum Gasteiger partial charge on any atom is 0.407 e. The molecule has 1 aliphatic carbocycles. The zero-order valence-corrected chi connectivity index (χ0v) is 17.6. The van der Waals surface area contributed by atoms with Crippen molar-refractivity contribution in [2.75, 3.05) is 13.2 Å². The van der Waals surface area contributed by atoms with Gasteiger partial charge in [0.2, 0.25) is 0 Å². The minimum atomic E-state index is -0.997. The number of fused-ring (bicyclic) bond motifs is 4. The standard InChI is InChI=1S/C27H20N2O4/c30-26(31)23-15-29-25-12-11-17(14-22(23)25)6-5-13-28-27(32)33-16-24-20-9-3-1-7-18(20)19-8-2-4-10-21(19)24/h1-4,7-12,14-15,24,29H,13,16H2,(H,28,32)(H,30,31). The van der Waals surface area contributed by atoms with Gasteiger partial charge < -0.3 is 20.1 Å². The van der Waals surface area contributed by atoms with Crippen LogP contribution in [0.1, 0.15) is 33.0 Å². The largest absolute Gasteiger partial charge is 0.478 e. The zero-order chi connectivity index (χ0) is 22.8. The van der Waals surface area contributed by atoms with E-state index in [1.807, 2.05) is 24.3 Å². The van der Waals surface area contributed by atoms with E-state index in [0.717, 1.165) is 16.6 Å². The van der Waals surface area contributed by atoms with Crippen molar-refractivity contribution in [1.82, 2.24) is 10.3 Å². The number of carboxylic acids is 1. The summed E-state index contributed by atoms with van der Waals surface area (Å²) in [5.41, 5.74) is 6.27. The Morgan fingerprint density at radius 1 is 1.00 bits per heavy atom. The summed E-state index contributed by atoms with van der Waals surface area (Å²) in [5, 5.41) is 12.5. The van der Waals surface area contributed by atoms with Gasteiger partial charge in [-0.2, -0.15) is 0 Å². The Balaban J connectivity index is 1.20. The summed E-state index contributed by atoms with van der Waals surface area (Å²) in [7, 11) is 0. The summed E-state index contributed by atoms with van der Waals surface area (Å²) >= 11 is 0. The molecule has 0 aliphatic heterocycles. The van der Waals surface area contributed by atoms with Crippen molar-refractivity contribution >= 4 is 23.0 Å². The number of aromatic carboxylic acids is 1. The first-order valence-corrected chi connectivity index (χ1v) is 10.5. The maximum absolute atomic E-state index is 12.2. The van der Waals surface area contributed by atoms with Crippen LogP contribution in [0.2, 0.25) is 0 Å². The fourth-order valence-corrected chi connectivity index (χ4v) is 4.29. The second-order valence-electron chi connectivity index (χ2n) is 7.75. The number of H-pyrrole nitrogens is 1. The highest BCUT2D eigenvalue weighted by molar-refractivity contribution is 6.03. The van der Waals surface area contributed by atoms with Crippen molar-refractivity contribution in [1.29, 1.82) is 0 Å². The highest BCUT2D eigenvalue weighted by atomic mass is 16.5. The molecule has 0 radical (unpaired) electrons. The lowest BCUT2D eigenvalue weighted by molar-refractivity contribution is 0.0699. The first kappa shape index (κ1) is 20.4. The molecule has 33 heavy (non-hydrogen) atoms. The molecule has 162 valence electrons. The highest BCUT2D eigenvalue weighted by Gasteiger charge is 2.28. The molecule has 1 aliphatic rings. The summed E-state index contributed by atoms with van der Waals surface area (Å²) in [4.78, 5) is 26.4. The van der Waals surface area contributed by atoms with Crippen LogP contribution in [0.15, 0.2) is 72.9 Å². The number of amides is 1. The highest BCUT2D eigenvalue weighted by Crippen LogP contribution is 2.44. The van der Waals surface area contributed by atoms with Gasteiger partial charge in [-0.05, 0) is 40.5 Å². The van der Waals surface area contributed by atoms with Crippen molar-refractivity contribution in [2.45, 2.75) is 5.92 Å². The number of carboxylic acid groups (broad SMARTS) is 1. The third-order valence-electron chi connectivity index (χ3n) is 5.81. The van der Waals surface area contributed by atoms with Crippen LogP contribution in [0.4, 0.5) is 4.79 Å². The third-order valence-corrected chi connectivity index (χ3v) is 5.81. The number of carbonyl (C=O) groups is 2. The van der Waals surface area contributed by atoms with E-state index in [-0.39, 0.29) is 24.6 Å². The van der Waals surface area contributed by atoms with Gasteiger partial charge in [0, 0.05) is 28.6 Å². The van der Waals surface area contributed by atoms with Crippen LogP contribution in [0.3, 0.4) is 0 Å². The number of rotatable bonds is 4. The molecule has 1 amide bonds. The van der Waals surface area contributed by atoms with E-state index in [2.05, 4.69) is 46.4 Å². The molecule has 4 aromatic rings. The zero-order valence-electron chi connectivity index (χ0n) is 17.6. The molecule has 0 unspecified atom stereocenters. The lowest BCUT2D eigenvalue weighted by Gasteiger charge is -2.14. The third kappa shape index (κ3) is 3.92. The Labute approximate surface area is 190 Å². The van der Waals surface area contributed by atoms with Gasteiger partial charge in [0.1, 0.15) is 6.61 Å². The van der Waals surface area contributed by atoms with Gasteiger partial charge in [0.25, 0.3) is 0 Å². The lowest BCUT2D eigenvalue weighted by atomic mass is 9.98. The van der Waals surface area contributed by atoms with Crippen molar-refractivity contribution in [3.05, 3.63) is 95.2 Å². The predicted molar refractivity (Wildman–Crippen MR) is 125 cm³/mol. The van der Waals surface area contributed by atoms with Crippen molar-refractivity contribution < 1.29 is 19.4 Å². The summed E-state index contributed by atoms with van der Waals surface area (Å²) in [6, 6.07) is 21.6.